The average molecular weight is 683 g/mol. The van der Waals surface area contributed by atoms with Crippen molar-refractivity contribution in [1.29, 1.82) is 0 Å². The number of para-hydroxylation sites is 2. The van der Waals surface area contributed by atoms with Crippen molar-refractivity contribution in [2.75, 3.05) is 24.0 Å². The van der Waals surface area contributed by atoms with Gasteiger partial charge in [0.15, 0.2) is 0 Å². The van der Waals surface area contributed by atoms with Gasteiger partial charge in [-0.3, -0.25) is 13.9 Å². The minimum absolute atomic E-state index is 0.0118. The van der Waals surface area contributed by atoms with Gasteiger partial charge >= 0.3 is 0 Å². The van der Waals surface area contributed by atoms with Gasteiger partial charge in [0.1, 0.15) is 18.3 Å². The summed E-state index contributed by atoms with van der Waals surface area (Å²) < 4.78 is 35.4. The summed E-state index contributed by atoms with van der Waals surface area (Å²) in [5.41, 5.74) is 2.53. The number of amides is 2. The largest absolute Gasteiger partial charge is 0.492 e. The van der Waals surface area contributed by atoms with Crippen LogP contribution < -0.4 is 14.4 Å². The lowest BCUT2D eigenvalue weighted by atomic mass is 10.0. The number of nitrogens with one attached hydrogen (secondary N) is 1. The molecule has 0 fully saturated rings. The maximum Gasteiger partial charge on any atom is 0.264 e. The first-order valence-corrected chi connectivity index (χ1v) is 17.1. The predicted molar refractivity (Wildman–Crippen MR) is 183 cm³/mol. The zero-order valence-corrected chi connectivity index (χ0v) is 28.3. The van der Waals surface area contributed by atoms with Crippen molar-refractivity contribution >= 4 is 50.7 Å². The molecule has 0 aliphatic heterocycles. The van der Waals surface area contributed by atoms with Crippen LogP contribution in [0.3, 0.4) is 0 Å². The fourth-order valence-electron chi connectivity index (χ4n) is 4.97. The summed E-state index contributed by atoms with van der Waals surface area (Å²) in [6, 6.07) is 26.4. The van der Waals surface area contributed by atoms with E-state index in [1.54, 1.807) is 68.4 Å². The van der Waals surface area contributed by atoms with Gasteiger partial charge < -0.3 is 15.0 Å². The van der Waals surface area contributed by atoms with Crippen LogP contribution in [0.15, 0.2) is 102 Å². The molecule has 0 saturated heterocycles. The molecule has 2 amide bonds. The maximum atomic E-state index is 14.6. The highest BCUT2D eigenvalue weighted by Crippen LogP contribution is 2.33. The molecule has 46 heavy (non-hydrogen) atoms. The summed E-state index contributed by atoms with van der Waals surface area (Å²) in [6.45, 7) is 5.43. The smallest absolute Gasteiger partial charge is 0.264 e. The van der Waals surface area contributed by atoms with Crippen molar-refractivity contribution < 1.29 is 22.7 Å². The molecule has 1 atom stereocenters. The second-order valence-electron chi connectivity index (χ2n) is 10.6. The van der Waals surface area contributed by atoms with Crippen molar-refractivity contribution in [2.24, 2.45) is 0 Å². The molecule has 0 bridgehead atoms. The molecule has 8 nitrogen and oxygen atoms in total. The monoisotopic (exact) mass is 681 g/mol. The number of halogens is 2. The Kier molecular flexibility index (Phi) is 12.1. The summed E-state index contributed by atoms with van der Waals surface area (Å²) in [5.74, 6) is -0.670. The Balaban J connectivity index is 1.84. The fourth-order valence-corrected chi connectivity index (χ4v) is 6.72. The number of hydrogen-bond acceptors (Lipinski definition) is 5. The highest BCUT2D eigenvalue weighted by molar-refractivity contribution is 7.92. The number of carbonyl (C=O) groups excluding carboxylic acids is 2. The molecule has 242 valence electrons. The number of likely N-dealkylation sites (N-methyl/N-ethyl adjacent to an activating group) is 1. The van der Waals surface area contributed by atoms with Crippen LogP contribution >= 0.6 is 23.2 Å². The Labute approximate surface area is 280 Å². The van der Waals surface area contributed by atoms with E-state index in [0.29, 0.717) is 27.9 Å². The molecule has 0 spiro atoms. The summed E-state index contributed by atoms with van der Waals surface area (Å²) >= 11 is 12.5. The third-order valence-electron chi connectivity index (χ3n) is 7.28. The second kappa shape index (κ2) is 16.0. The lowest BCUT2D eigenvalue weighted by molar-refractivity contribution is -0.140. The van der Waals surface area contributed by atoms with Gasteiger partial charge in [0.25, 0.3) is 10.0 Å². The number of sulfonamides is 1. The van der Waals surface area contributed by atoms with Crippen LogP contribution in [0.5, 0.6) is 5.75 Å². The van der Waals surface area contributed by atoms with Gasteiger partial charge in [-0.25, -0.2) is 8.42 Å². The van der Waals surface area contributed by atoms with Crippen LogP contribution in [0.2, 0.25) is 10.0 Å². The van der Waals surface area contributed by atoms with Gasteiger partial charge in [0.2, 0.25) is 11.8 Å². The third kappa shape index (κ3) is 8.60. The van der Waals surface area contributed by atoms with E-state index in [0.717, 1.165) is 15.4 Å². The van der Waals surface area contributed by atoms with Crippen LogP contribution in [0.1, 0.15) is 30.5 Å². The van der Waals surface area contributed by atoms with Gasteiger partial charge in [0.05, 0.1) is 27.2 Å². The highest BCUT2D eigenvalue weighted by atomic mass is 35.5. The zero-order valence-electron chi connectivity index (χ0n) is 26.0. The van der Waals surface area contributed by atoms with Crippen molar-refractivity contribution in [3.05, 3.63) is 124 Å². The Morgan fingerprint density at radius 2 is 1.52 bits per heavy atom. The van der Waals surface area contributed by atoms with E-state index in [1.165, 1.54) is 17.0 Å². The molecule has 4 aromatic rings. The zero-order chi connectivity index (χ0) is 33.3. The molecular formula is C35H37Cl2N3O5S. The molecule has 0 saturated carbocycles. The van der Waals surface area contributed by atoms with Gasteiger partial charge in [-0.1, -0.05) is 89.4 Å². The average Bonchev–Trinajstić information content (AvgIpc) is 3.04. The van der Waals surface area contributed by atoms with Gasteiger partial charge in [-0.05, 0) is 68.3 Å². The van der Waals surface area contributed by atoms with E-state index in [-0.39, 0.29) is 36.1 Å². The number of benzene rings is 4. The van der Waals surface area contributed by atoms with E-state index in [1.807, 2.05) is 37.3 Å². The Morgan fingerprint density at radius 3 is 2.17 bits per heavy atom. The van der Waals surface area contributed by atoms with E-state index >= 15 is 0 Å². The summed E-state index contributed by atoms with van der Waals surface area (Å²) in [6.07, 6.45) is 0.194. The van der Waals surface area contributed by atoms with E-state index in [2.05, 4.69) is 5.32 Å². The Bertz CT molecular complexity index is 1750. The minimum atomic E-state index is -4.27. The Morgan fingerprint density at radius 1 is 0.848 bits per heavy atom. The third-order valence-corrected chi connectivity index (χ3v) is 9.79. The molecule has 11 heteroatoms. The topological polar surface area (TPSA) is 96.0 Å². The van der Waals surface area contributed by atoms with Crippen LogP contribution in [0.4, 0.5) is 5.69 Å². The molecule has 1 unspecified atom stereocenters. The molecule has 4 rings (SSSR count). The molecule has 0 aliphatic rings. The number of carbonyl (C=O) groups is 2. The predicted octanol–water partition coefficient (Wildman–Crippen LogP) is 6.67. The number of ether oxygens (including phenoxy) is 1. The molecule has 4 aromatic carbocycles. The summed E-state index contributed by atoms with van der Waals surface area (Å²) in [4.78, 5) is 29.6. The fraction of sp³-hybridized carbons (Fsp3) is 0.257. The number of hydrogen-bond donors (Lipinski definition) is 1. The van der Waals surface area contributed by atoms with Gasteiger partial charge in [0, 0.05) is 19.5 Å². The van der Waals surface area contributed by atoms with Crippen molar-refractivity contribution in [1.82, 2.24) is 10.2 Å². The lowest BCUT2D eigenvalue weighted by Gasteiger charge is -2.34. The van der Waals surface area contributed by atoms with Gasteiger partial charge in [-0.2, -0.15) is 0 Å². The summed E-state index contributed by atoms with van der Waals surface area (Å²) in [5, 5.41) is 3.48. The molecule has 0 radical (unpaired) electrons. The molecule has 1 N–H and O–H groups in total. The molecule has 0 heterocycles. The summed E-state index contributed by atoms with van der Waals surface area (Å²) in [7, 11) is -4.27. The first-order valence-electron chi connectivity index (χ1n) is 14.9. The lowest BCUT2D eigenvalue weighted by Crippen LogP contribution is -2.53. The first-order chi connectivity index (χ1) is 22.0. The number of nitrogens with zero attached hydrogens (tertiary/aromatic N) is 2. The van der Waals surface area contributed by atoms with Crippen LogP contribution in [0.25, 0.3) is 0 Å². The minimum Gasteiger partial charge on any atom is -0.492 e. The van der Waals surface area contributed by atoms with Crippen LogP contribution in [0, 0.1) is 6.92 Å². The second-order valence-corrected chi connectivity index (χ2v) is 13.3. The van der Waals surface area contributed by atoms with E-state index < -0.39 is 28.5 Å². The van der Waals surface area contributed by atoms with Crippen molar-refractivity contribution in [2.45, 2.75) is 44.7 Å². The SMILES string of the molecule is CCNC(=O)C(Cc1ccccc1)N(Cc1ccc(Cl)c(Cl)c1)C(=O)CN(c1ccccc1OCC)S(=O)(=O)c1ccc(C)cc1. The van der Waals surface area contributed by atoms with Crippen molar-refractivity contribution in [3.8, 4) is 5.75 Å². The number of aryl methyl sites for hydroxylation is 1. The highest BCUT2D eigenvalue weighted by Gasteiger charge is 2.35. The number of rotatable bonds is 14. The quantitative estimate of drug-likeness (QED) is 0.160. The van der Waals surface area contributed by atoms with E-state index in [4.69, 9.17) is 27.9 Å². The first kappa shape index (κ1) is 34.8. The van der Waals surface area contributed by atoms with Gasteiger partial charge in [-0.15, -0.1) is 0 Å². The normalized spacial score (nSPS) is 11.8. The Hall–Kier alpha value is -4.05. The maximum absolute atomic E-state index is 14.6. The van der Waals surface area contributed by atoms with E-state index in [9.17, 15) is 18.0 Å². The van der Waals surface area contributed by atoms with Crippen LogP contribution in [-0.2, 0) is 32.6 Å². The van der Waals surface area contributed by atoms with Crippen LogP contribution in [-0.4, -0.2) is 50.9 Å². The molecular weight excluding hydrogens is 645 g/mol. The molecule has 0 aliphatic carbocycles. The molecule has 0 aromatic heterocycles. The standard InChI is InChI=1S/C35H37Cl2N3O5S/c1-4-38-35(42)32(22-26-11-7-6-8-12-26)39(23-27-17-20-29(36)30(37)21-27)34(41)24-40(31-13-9-10-14-33(31)45-5-2)46(43,44)28-18-15-25(3)16-19-28/h6-21,32H,4-5,22-24H2,1-3H3,(H,38,42). The van der Waals surface area contributed by atoms with Crippen molar-refractivity contribution in [3.63, 3.8) is 0 Å². The number of anilines is 1.